The quantitative estimate of drug-likeness (QED) is 0.413. The zero-order chi connectivity index (χ0) is 21.2. The Morgan fingerprint density at radius 1 is 0.900 bits per heavy atom. The molecule has 0 radical (unpaired) electrons. The van der Waals surface area contributed by atoms with Crippen LogP contribution in [-0.4, -0.2) is 32.9 Å². The molecule has 0 aromatic heterocycles. The summed E-state index contributed by atoms with van der Waals surface area (Å²) in [7, 11) is 3.13. The van der Waals surface area contributed by atoms with Gasteiger partial charge < -0.3 is 19.5 Å². The van der Waals surface area contributed by atoms with E-state index in [9.17, 15) is 4.79 Å². The molecule has 0 aliphatic carbocycles. The van der Waals surface area contributed by atoms with Gasteiger partial charge in [0.25, 0.3) is 5.91 Å². The van der Waals surface area contributed by atoms with Crippen molar-refractivity contribution >= 4 is 23.5 Å². The van der Waals surface area contributed by atoms with E-state index in [2.05, 4.69) is 15.8 Å². The second kappa shape index (κ2) is 10.5. The summed E-state index contributed by atoms with van der Waals surface area (Å²) in [6.45, 7) is -0.147. The van der Waals surface area contributed by atoms with Gasteiger partial charge in [-0.2, -0.15) is 5.10 Å². The van der Waals surface area contributed by atoms with Crippen LogP contribution >= 0.6 is 0 Å². The molecule has 0 aliphatic heterocycles. The van der Waals surface area contributed by atoms with E-state index in [0.717, 1.165) is 17.0 Å². The van der Waals surface area contributed by atoms with E-state index in [4.69, 9.17) is 14.2 Å². The number of nitrogens with one attached hydrogen (secondary N) is 2. The minimum atomic E-state index is -0.278. The third-order valence-electron chi connectivity index (χ3n) is 4.10. The number of rotatable bonds is 9. The van der Waals surface area contributed by atoms with Crippen molar-refractivity contribution in [1.29, 1.82) is 0 Å². The molecule has 0 heterocycles. The molecule has 0 bridgehead atoms. The molecular weight excluding hydrogens is 382 g/mol. The normalized spacial score (nSPS) is 10.5. The molecule has 0 atom stereocenters. The van der Waals surface area contributed by atoms with E-state index in [1.807, 2.05) is 36.4 Å². The number of methoxy groups -OCH3 is 2. The van der Waals surface area contributed by atoms with Gasteiger partial charge in [0, 0.05) is 5.69 Å². The standard InChI is InChI=1S/C23H23N3O4/c1-28-20-11-9-18(10-12-20)25-23(27)16-30-21-13-8-17(14-22(21)29-2)15-24-26-19-6-4-3-5-7-19/h3-15,26H,16H2,1-2H3,(H,25,27). The number of ether oxygens (including phenoxy) is 3. The first-order chi connectivity index (χ1) is 14.7. The van der Waals surface area contributed by atoms with Crippen molar-refractivity contribution in [2.45, 2.75) is 0 Å². The molecule has 3 rings (SSSR count). The average molecular weight is 405 g/mol. The predicted molar refractivity (Wildman–Crippen MR) is 118 cm³/mol. The molecule has 7 nitrogen and oxygen atoms in total. The van der Waals surface area contributed by atoms with E-state index in [1.54, 1.807) is 56.8 Å². The minimum Gasteiger partial charge on any atom is -0.497 e. The SMILES string of the molecule is COc1ccc(NC(=O)COc2ccc(C=NNc3ccccc3)cc2OC)cc1. The lowest BCUT2D eigenvalue weighted by atomic mass is 10.2. The lowest BCUT2D eigenvalue weighted by molar-refractivity contribution is -0.118. The number of carbonyl (C=O) groups excluding carboxylic acids is 1. The highest BCUT2D eigenvalue weighted by Crippen LogP contribution is 2.27. The summed E-state index contributed by atoms with van der Waals surface area (Å²) in [5.41, 5.74) is 5.33. The summed E-state index contributed by atoms with van der Waals surface area (Å²) >= 11 is 0. The fraction of sp³-hybridized carbons (Fsp3) is 0.130. The van der Waals surface area contributed by atoms with E-state index in [0.29, 0.717) is 17.2 Å². The second-order valence-electron chi connectivity index (χ2n) is 6.21. The highest BCUT2D eigenvalue weighted by molar-refractivity contribution is 5.92. The summed E-state index contributed by atoms with van der Waals surface area (Å²) in [5, 5.41) is 6.97. The van der Waals surface area contributed by atoms with E-state index >= 15 is 0 Å². The Hall–Kier alpha value is -4.00. The zero-order valence-corrected chi connectivity index (χ0v) is 16.8. The van der Waals surface area contributed by atoms with Gasteiger partial charge in [-0.3, -0.25) is 10.2 Å². The fourth-order valence-electron chi connectivity index (χ4n) is 2.59. The molecular formula is C23H23N3O4. The Morgan fingerprint density at radius 3 is 2.37 bits per heavy atom. The monoisotopic (exact) mass is 405 g/mol. The van der Waals surface area contributed by atoms with E-state index in [1.165, 1.54) is 0 Å². The van der Waals surface area contributed by atoms with Crippen LogP contribution in [0.4, 0.5) is 11.4 Å². The van der Waals surface area contributed by atoms with Gasteiger partial charge in [0.2, 0.25) is 0 Å². The number of hydrogen-bond acceptors (Lipinski definition) is 6. The highest BCUT2D eigenvalue weighted by atomic mass is 16.5. The lowest BCUT2D eigenvalue weighted by Crippen LogP contribution is -2.20. The van der Waals surface area contributed by atoms with Crippen LogP contribution in [0.5, 0.6) is 17.2 Å². The van der Waals surface area contributed by atoms with Gasteiger partial charge >= 0.3 is 0 Å². The van der Waals surface area contributed by atoms with Crippen molar-refractivity contribution in [2.24, 2.45) is 5.10 Å². The molecule has 0 saturated heterocycles. The maximum absolute atomic E-state index is 12.1. The molecule has 2 N–H and O–H groups in total. The van der Waals surface area contributed by atoms with Crippen LogP contribution in [-0.2, 0) is 4.79 Å². The Bertz CT molecular complexity index is 989. The molecule has 0 fully saturated rings. The first kappa shape index (κ1) is 20.7. The molecule has 154 valence electrons. The number of nitrogens with zero attached hydrogens (tertiary/aromatic N) is 1. The number of anilines is 2. The van der Waals surface area contributed by atoms with Crippen LogP contribution < -0.4 is 25.0 Å². The largest absolute Gasteiger partial charge is 0.497 e. The molecule has 7 heteroatoms. The van der Waals surface area contributed by atoms with Crippen LogP contribution in [0.3, 0.4) is 0 Å². The van der Waals surface area contributed by atoms with Gasteiger partial charge in [-0.1, -0.05) is 18.2 Å². The Labute approximate surface area is 175 Å². The minimum absolute atomic E-state index is 0.147. The fourth-order valence-corrected chi connectivity index (χ4v) is 2.59. The van der Waals surface area contributed by atoms with Gasteiger partial charge in [-0.25, -0.2) is 0 Å². The number of benzene rings is 3. The van der Waals surface area contributed by atoms with E-state index < -0.39 is 0 Å². The van der Waals surface area contributed by atoms with Gasteiger partial charge in [0.15, 0.2) is 18.1 Å². The lowest BCUT2D eigenvalue weighted by Gasteiger charge is -2.11. The number of hydrogen-bond donors (Lipinski definition) is 2. The predicted octanol–water partition coefficient (Wildman–Crippen LogP) is 4.17. The summed E-state index contributed by atoms with van der Waals surface area (Å²) in [6, 6.07) is 22.1. The molecule has 30 heavy (non-hydrogen) atoms. The van der Waals surface area contributed by atoms with Crippen LogP contribution in [0.25, 0.3) is 0 Å². The maximum Gasteiger partial charge on any atom is 0.262 e. The third-order valence-corrected chi connectivity index (χ3v) is 4.10. The third kappa shape index (κ3) is 6.00. The number of carbonyl (C=O) groups is 1. The summed E-state index contributed by atoms with van der Waals surface area (Å²) < 4.78 is 16.1. The maximum atomic E-state index is 12.1. The van der Waals surface area contributed by atoms with Crippen molar-refractivity contribution in [3.05, 3.63) is 78.4 Å². The first-order valence-electron chi connectivity index (χ1n) is 9.27. The molecule has 0 unspecified atom stereocenters. The summed E-state index contributed by atoms with van der Waals surface area (Å²) in [5.74, 6) is 1.42. The van der Waals surface area contributed by atoms with Gasteiger partial charge in [-0.15, -0.1) is 0 Å². The second-order valence-corrected chi connectivity index (χ2v) is 6.21. The topological polar surface area (TPSA) is 81.2 Å². The molecule has 3 aromatic carbocycles. The van der Waals surface area contributed by atoms with Crippen molar-refractivity contribution in [1.82, 2.24) is 0 Å². The summed E-state index contributed by atoms with van der Waals surface area (Å²) in [6.07, 6.45) is 1.68. The Kier molecular flexibility index (Phi) is 7.27. The van der Waals surface area contributed by atoms with Crippen molar-refractivity contribution in [2.75, 3.05) is 31.6 Å². The average Bonchev–Trinajstić information content (AvgIpc) is 2.79. The number of hydrazone groups is 1. The molecule has 1 amide bonds. The highest BCUT2D eigenvalue weighted by Gasteiger charge is 2.09. The van der Waals surface area contributed by atoms with Crippen LogP contribution in [0.1, 0.15) is 5.56 Å². The molecule has 3 aromatic rings. The molecule has 0 spiro atoms. The van der Waals surface area contributed by atoms with Crippen molar-refractivity contribution < 1.29 is 19.0 Å². The Balaban J connectivity index is 1.55. The first-order valence-corrected chi connectivity index (χ1v) is 9.27. The van der Waals surface area contributed by atoms with Crippen LogP contribution in [0.15, 0.2) is 77.9 Å². The van der Waals surface area contributed by atoms with Crippen LogP contribution in [0.2, 0.25) is 0 Å². The van der Waals surface area contributed by atoms with Crippen molar-refractivity contribution in [3.8, 4) is 17.2 Å². The number of para-hydroxylation sites is 1. The summed E-state index contributed by atoms with van der Waals surface area (Å²) in [4.78, 5) is 12.1. The van der Waals surface area contributed by atoms with Gasteiger partial charge in [0.05, 0.1) is 26.1 Å². The van der Waals surface area contributed by atoms with Gasteiger partial charge in [-0.05, 0) is 60.2 Å². The van der Waals surface area contributed by atoms with Gasteiger partial charge in [0.1, 0.15) is 5.75 Å². The zero-order valence-electron chi connectivity index (χ0n) is 16.8. The number of amides is 1. The van der Waals surface area contributed by atoms with E-state index in [-0.39, 0.29) is 12.5 Å². The smallest absolute Gasteiger partial charge is 0.262 e. The Morgan fingerprint density at radius 2 is 1.67 bits per heavy atom. The molecule has 0 saturated carbocycles. The van der Waals surface area contributed by atoms with Crippen LogP contribution in [0, 0.1) is 0 Å². The van der Waals surface area contributed by atoms with Crippen molar-refractivity contribution in [3.63, 3.8) is 0 Å². The molecule has 0 aliphatic rings.